The Balaban J connectivity index is 1.92. The number of carbonyl (C=O) groups excluding carboxylic acids is 3. The van der Waals surface area contributed by atoms with E-state index in [1.807, 2.05) is 31.4 Å². The minimum absolute atomic E-state index is 0.175. The number of halogens is 1. The number of amides is 3. The van der Waals surface area contributed by atoms with Gasteiger partial charge in [0.2, 0.25) is 11.8 Å². The smallest absolute Gasteiger partial charge is 0.251 e. The maximum atomic E-state index is 12.6. The summed E-state index contributed by atoms with van der Waals surface area (Å²) in [5.74, 6) is -0.327. The maximum absolute atomic E-state index is 12.6. The third-order valence-electron chi connectivity index (χ3n) is 4.15. The number of nitrogens with one attached hydrogen (secondary N) is 3. The molecule has 0 fully saturated rings. The van der Waals surface area contributed by atoms with Crippen LogP contribution >= 0.6 is 27.7 Å². The molecule has 154 valence electrons. The average Bonchev–Trinajstić information content (AvgIpc) is 2.71. The monoisotopic (exact) mass is 477 g/mol. The topological polar surface area (TPSA) is 87.3 Å². The summed E-state index contributed by atoms with van der Waals surface area (Å²) in [5.41, 5.74) is 2.08. The quantitative estimate of drug-likeness (QED) is 0.516. The van der Waals surface area contributed by atoms with Gasteiger partial charge in [-0.3, -0.25) is 14.4 Å². The molecule has 0 aliphatic heterocycles. The maximum Gasteiger partial charge on any atom is 0.251 e. The van der Waals surface area contributed by atoms with Crippen molar-refractivity contribution in [1.82, 2.24) is 10.6 Å². The fraction of sp³-hybridized carbons (Fsp3) is 0.286. The van der Waals surface area contributed by atoms with Crippen molar-refractivity contribution in [2.75, 3.05) is 23.9 Å². The van der Waals surface area contributed by atoms with E-state index in [9.17, 15) is 14.4 Å². The highest BCUT2D eigenvalue weighted by atomic mass is 79.9. The van der Waals surface area contributed by atoms with E-state index in [0.29, 0.717) is 23.4 Å². The molecule has 0 spiro atoms. The third-order valence-corrected chi connectivity index (χ3v) is 5.29. The normalized spacial score (nSPS) is 11.4. The number of thioether (sulfide) groups is 1. The molecule has 3 amide bonds. The second kappa shape index (κ2) is 11.6. The predicted octanol–water partition coefficient (Wildman–Crippen LogP) is 3.36. The van der Waals surface area contributed by atoms with E-state index in [-0.39, 0.29) is 24.3 Å². The number of anilines is 1. The van der Waals surface area contributed by atoms with Gasteiger partial charge in [0.1, 0.15) is 6.04 Å². The first-order valence-corrected chi connectivity index (χ1v) is 11.3. The Kier molecular flexibility index (Phi) is 9.21. The number of rotatable bonds is 9. The number of carbonyl (C=O) groups is 3. The van der Waals surface area contributed by atoms with Crippen molar-refractivity contribution in [3.05, 3.63) is 64.1 Å². The van der Waals surface area contributed by atoms with Gasteiger partial charge in [-0.05, 0) is 61.2 Å². The van der Waals surface area contributed by atoms with Crippen molar-refractivity contribution >= 4 is 51.1 Å². The number of hydrogen-bond acceptors (Lipinski definition) is 4. The summed E-state index contributed by atoms with van der Waals surface area (Å²) < 4.78 is 0.923. The second-order valence-corrected chi connectivity index (χ2v) is 8.30. The molecular weight excluding hydrogens is 454 g/mol. The first-order chi connectivity index (χ1) is 13.9. The van der Waals surface area contributed by atoms with E-state index in [2.05, 4.69) is 31.9 Å². The van der Waals surface area contributed by atoms with Crippen LogP contribution in [0.3, 0.4) is 0 Å². The van der Waals surface area contributed by atoms with Gasteiger partial charge in [-0.2, -0.15) is 11.8 Å². The van der Waals surface area contributed by atoms with Gasteiger partial charge in [0.15, 0.2) is 0 Å². The van der Waals surface area contributed by atoms with Crippen LogP contribution in [0.15, 0.2) is 53.0 Å². The standard InChI is InChI=1S/C21H24BrN3O3S/c1-14-12-16(22)8-9-17(14)24-19(26)13-23-21(28)18(10-11-29-2)25-20(27)15-6-4-3-5-7-15/h3-9,12,18H,10-11,13H2,1-2H3,(H,23,28)(H,24,26)(H,25,27)/t18-/m0/s1. The molecule has 2 aromatic rings. The zero-order valence-electron chi connectivity index (χ0n) is 16.3. The first kappa shape index (κ1) is 23.0. The highest BCUT2D eigenvalue weighted by Crippen LogP contribution is 2.19. The van der Waals surface area contributed by atoms with E-state index < -0.39 is 6.04 Å². The van der Waals surface area contributed by atoms with Gasteiger partial charge < -0.3 is 16.0 Å². The summed E-state index contributed by atoms with van der Waals surface area (Å²) in [5, 5.41) is 8.15. The van der Waals surface area contributed by atoms with E-state index in [1.165, 1.54) is 0 Å². The Labute approximate surface area is 183 Å². The summed E-state index contributed by atoms with van der Waals surface area (Å²) in [6.45, 7) is 1.71. The van der Waals surface area contributed by atoms with Crippen LogP contribution in [0.1, 0.15) is 22.3 Å². The zero-order valence-corrected chi connectivity index (χ0v) is 18.7. The van der Waals surface area contributed by atoms with Gasteiger partial charge in [0, 0.05) is 15.7 Å². The lowest BCUT2D eigenvalue weighted by Crippen LogP contribution is -2.48. The molecule has 0 aliphatic carbocycles. The lowest BCUT2D eigenvalue weighted by Gasteiger charge is -2.18. The van der Waals surface area contributed by atoms with Crippen molar-refractivity contribution in [1.29, 1.82) is 0 Å². The van der Waals surface area contributed by atoms with Gasteiger partial charge >= 0.3 is 0 Å². The summed E-state index contributed by atoms with van der Waals surface area (Å²) >= 11 is 4.96. The summed E-state index contributed by atoms with van der Waals surface area (Å²) in [7, 11) is 0. The SMILES string of the molecule is CSCC[C@H](NC(=O)c1ccccc1)C(=O)NCC(=O)Nc1ccc(Br)cc1C. The van der Waals surface area contributed by atoms with Crippen LogP contribution in [0, 0.1) is 6.92 Å². The van der Waals surface area contributed by atoms with Gasteiger partial charge in [0.05, 0.1) is 6.54 Å². The molecule has 0 heterocycles. The molecule has 0 saturated heterocycles. The Morgan fingerprint density at radius 2 is 1.83 bits per heavy atom. The minimum atomic E-state index is -0.711. The Bertz CT molecular complexity index is 862. The fourth-order valence-corrected chi connectivity index (χ4v) is 3.53. The van der Waals surface area contributed by atoms with Crippen LogP contribution in [0.5, 0.6) is 0 Å². The summed E-state index contributed by atoms with van der Waals surface area (Å²) in [6, 6.07) is 13.5. The zero-order chi connectivity index (χ0) is 21.2. The van der Waals surface area contributed by atoms with Crippen molar-refractivity contribution in [3.63, 3.8) is 0 Å². The van der Waals surface area contributed by atoms with Crippen molar-refractivity contribution in [2.24, 2.45) is 0 Å². The highest BCUT2D eigenvalue weighted by Gasteiger charge is 2.21. The van der Waals surface area contributed by atoms with Crippen LogP contribution in [-0.4, -0.2) is 42.3 Å². The van der Waals surface area contributed by atoms with Gasteiger partial charge in [0.25, 0.3) is 5.91 Å². The fourth-order valence-electron chi connectivity index (χ4n) is 2.59. The second-order valence-electron chi connectivity index (χ2n) is 6.40. The molecule has 3 N–H and O–H groups in total. The van der Waals surface area contributed by atoms with E-state index in [0.717, 1.165) is 10.0 Å². The molecule has 0 radical (unpaired) electrons. The van der Waals surface area contributed by atoms with Crippen molar-refractivity contribution in [2.45, 2.75) is 19.4 Å². The molecule has 2 aromatic carbocycles. The molecule has 29 heavy (non-hydrogen) atoms. The molecule has 2 rings (SSSR count). The Hall–Kier alpha value is -2.32. The van der Waals surface area contributed by atoms with Crippen LogP contribution < -0.4 is 16.0 Å². The summed E-state index contributed by atoms with van der Waals surface area (Å²) in [4.78, 5) is 37.2. The lowest BCUT2D eigenvalue weighted by molar-refractivity contribution is -0.125. The van der Waals surface area contributed by atoms with E-state index in [4.69, 9.17) is 0 Å². The molecule has 0 aliphatic rings. The molecular formula is C21H24BrN3O3S. The van der Waals surface area contributed by atoms with Crippen molar-refractivity contribution in [3.8, 4) is 0 Å². The number of benzene rings is 2. The average molecular weight is 478 g/mol. The first-order valence-electron chi connectivity index (χ1n) is 9.09. The van der Waals surface area contributed by atoms with E-state index in [1.54, 1.807) is 42.1 Å². The lowest BCUT2D eigenvalue weighted by atomic mass is 10.1. The molecule has 0 aromatic heterocycles. The van der Waals surface area contributed by atoms with Crippen LogP contribution in [-0.2, 0) is 9.59 Å². The predicted molar refractivity (Wildman–Crippen MR) is 121 cm³/mol. The van der Waals surface area contributed by atoms with Gasteiger partial charge in [-0.15, -0.1) is 0 Å². The van der Waals surface area contributed by atoms with Crippen LogP contribution in [0.4, 0.5) is 5.69 Å². The molecule has 0 unspecified atom stereocenters. The van der Waals surface area contributed by atoms with Gasteiger partial charge in [-0.25, -0.2) is 0 Å². The largest absolute Gasteiger partial charge is 0.345 e. The summed E-state index contributed by atoms with van der Waals surface area (Å²) in [6.07, 6.45) is 2.40. The molecule has 6 nitrogen and oxygen atoms in total. The van der Waals surface area contributed by atoms with Crippen LogP contribution in [0.2, 0.25) is 0 Å². The van der Waals surface area contributed by atoms with Crippen molar-refractivity contribution < 1.29 is 14.4 Å². The van der Waals surface area contributed by atoms with E-state index >= 15 is 0 Å². The van der Waals surface area contributed by atoms with Gasteiger partial charge in [-0.1, -0.05) is 34.1 Å². The Morgan fingerprint density at radius 3 is 2.48 bits per heavy atom. The highest BCUT2D eigenvalue weighted by molar-refractivity contribution is 9.10. The molecule has 0 saturated carbocycles. The Morgan fingerprint density at radius 1 is 1.10 bits per heavy atom. The minimum Gasteiger partial charge on any atom is -0.345 e. The van der Waals surface area contributed by atoms with Crippen LogP contribution in [0.25, 0.3) is 0 Å². The number of aryl methyl sites for hydroxylation is 1. The molecule has 1 atom stereocenters. The number of hydrogen-bond donors (Lipinski definition) is 3. The molecule has 8 heteroatoms. The third kappa shape index (κ3) is 7.55. The molecule has 0 bridgehead atoms.